The zero-order valence-electron chi connectivity index (χ0n) is 10.2. The minimum Gasteiger partial charge on any atom is -0.314 e. The summed E-state index contributed by atoms with van der Waals surface area (Å²) in [6.45, 7) is 8.69. The third-order valence-electron chi connectivity index (χ3n) is 2.17. The van der Waals surface area contributed by atoms with Crippen molar-refractivity contribution in [2.75, 3.05) is 7.05 Å². The second-order valence-electron chi connectivity index (χ2n) is 4.76. The summed E-state index contributed by atoms with van der Waals surface area (Å²) in [4.78, 5) is 4.59. The van der Waals surface area contributed by atoms with E-state index in [1.807, 2.05) is 7.05 Å². The van der Waals surface area contributed by atoms with E-state index in [0.717, 1.165) is 5.69 Å². The topological polar surface area (TPSA) is 24.9 Å². The molecule has 84 valence electrons. The van der Waals surface area contributed by atoms with Crippen LogP contribution in [0.3, 0.4) is 0 Å². The van der Waals surface area contributed by atoms with E-state index in [0.29, 0.717) is 6.04 Å². The molecule has 1 unspecified atom stereocenters. The first kappa shape index (κ1) is 12.4. The van der Waals surface area contributed by atoms with Gasteiger partial charge in [0.05, 0.1) is 10.7 Å². The maximum absolute atomic E-state index is 4.59. The molecule has 0 aromatic carbocycles. The van der Waals surface area contributed by atoms with Gasteiger partial charge < -0.3 is 5.32 Å². The monoisotopic (exact) mass is 224 g/mol. The highest BCUT2D eigenvalue weighted by molar-refractivity contribution is 7.09. The Hall–Kier alpha value is -0.670. The Balaban J connectivity index is 2.73. The van der Waals surface area contributed by atoms with Crippen molar-refractivity contribution in [3.05, 3.63) is 22.2 Å². The van der Waals surface area contributed by atoms with Gasteiger partial charge in [0.25, 0.3) is 0 Å². The molecule has 15 heavy (non-hydrogen) atoms. The third-order valence-corrected chi connectivity index (χ3v) is 3.46. The number of rotatable bonds is 3. The van der Waals surface area contributed by atoms with Gasteiger partial charge in [-0.25, -0.2) is 4.98 Å². The standard InChI is InChI=1S/C12H20N2S/c1-9(13-5)6-7-10-8-15-11(14-10)12(2,3)4/h6-9,13H,1-5H3/b7-6+. The number of hydrogen-bond donors (Lipinski definition) is 1. The normalized spacial score (nSPS) is 14.7. The van der Waals surface area contributed by atoms with Crippen LogP contribution in [0.2, 0.25) is 0 Å². The summed E-state index contributed by atoms with van der Waals surface area (Å²) < 4.78 is 0. The Morgan fingerprint density at radius 1 is 1.47 bits per heavy atom. The molecule has 0 saturated heterocycles. The van der Waals surface area contributed by atoms with Gasteiger partial charge in [-0.3, -0.25) is 0 Å². The highest BCUT2D eigenvalue weighted by Gasteiger charge is 2.17. The van der Waals surface area contributed by atoms with Gasteiger partial charge in [-0.1, -0.05) is 26.8 Å². The molecule has 1 aromatic rings. The van der Waals surface area contributed by atoms with Crippen molar-refractivity contribution in [1.82, 2.24) is 10.3 Å². The summed E-state index contributed by atoms with van der Waals surface area (Å²) in [5.74, 6) is 0. The van der Waals surface area contributed by atoms with Gasteiger partial charge >= 0.3 is 0 Å². The second kappa shape index (κ2) is 4.90. The average Bonchev–Trinajstić information content (AvgIpc) is 2.61. The van der Waals surface area contributed by atoms with E-state index >= 15 is 0 Å². The quantitative estimate of drug-likeness (QED) is 0.853. The van der Waals surface area contributed by atoms with Gasteiger partial charge in [-0.15, -0.1) is 11.3 Å². The molecule has 1 aromatic heterocycles. The number of nitrogens with zero attached hydrogens (tertiary/aromatic N) is 1. The van der Waals surface area contributed by atoms with Crippen LogP contribution in [0.15, 0.2) is 11.5 Å². The van der Waals surface area contributed by atoms with Crippen molar-refractivity contribution in [2.45, 2.75) is 39.2 Å². The molecule has 1 atom stereocenters. The lowest BCUT2D eigenvalue weighted by molar-refractivity contribution is 0.585. The fraction of sp³-hybridized carbons (Fsp3) is 0.583. The van der Waals surface area contributed by atoms with Crippen molar-refractivity contribution in [1.29, 1.82) is 0 Å². The van der Waals surface area contributed by atoms with E-state index in [9.17, 15) is 0 Å². The molecule has 0 saturated carbocycles. The number of nitrogens with one attached hydrogen (secondary N) is 1. The van der Waals surface area contributed by atoms with Gasteiger partial charge in [0.1, 0.15) is 0 Å². The molecular formula is C12H20N2S. The summed E-state index contributed by atoms with van der Waals surface area (Å²) >= 11 is 1.73. The lowest BCUT2D eigenvalue weighted by atomic mass is 9.98. The fourth-order valence-corrected chi connectivity index (χ4v) is 1.92. The first-order valence-electron chi connectivity index (χ1n) is 5.25. The predicted molar refractivity (Wildman–Crippen MR) is 68.4 cm³/mol. The minimum absolute atomic E-state index is 0.158. The Morgan fingerprint density at radius 2 is 2.13 bits per heavy atom. The SMILES string of the molecule is CNC(C)/C=C/c1csc(C(C)(C)C)n1. The first-order valence-corrected chi connectivity index (χ1v) is 6.13. The first-order chi connectivity index (χ1) is 6.93. The Kier molecular flexibility index (Phi) is 4.05. The van der Waals surface area contributed by atoms with Gasteiger partial charge in [0.2, 0.25) is 0 Å². The molecule has 1 heterocycles. The van der Waals surface area contributed by atoms with Crippen LogP contribution in [-0.2, 0) is 5.41 Å². The molecule has 0 aliphatic carbocycles. The fourth-order valence-electron chi connectivity index (χ4n) is 1.05. The van der Waals surface area contributed by atoms with E-state index in [2.05, 4.69) is 55.5 Å². The average molecular weight is 224 g/mol. The highest BCUT2D eigenvalue weighted by Crippen LogP contribution is 2.25. The molecule has 2 nitrogen and oxygen atoms in total. The van der Waals surface area contributed by atoms with Crippen molar-refractivity contribution in [3.8, 4) is 0 Å². The van der Waals surface area contributed by atoms with E-state index in [1.165, 1.54) is 5.01 Å². The molecule has 0 spiro atoms. The zero-order chi connectivity index (χ0) is 11.5. The zero-order valence-corrected chi connectivity index (χ0v) is 11.0. The van der Waals surface area contributed by atoms with Crippen molar-refractivity contribution in [2.24, 2.45) is 0 Å². The van der Waals surface area contributed by atoms with Crippen LogP contribution in [0, 0.1) is 0 Å². The molecule has 0 amide bonds. The van der Waals surface area contributed by atoms with E-state index in [4.69, 9.17) is 0 Å². The van der Waals surface area contributed by atoms with Crippen LogP contribution in [0.1, 0.15) is 38.4 Å². The molecule has 0 fully saturated rings. The van der Waals surface area contributed by atoms with Crippen LogP contribution < -0.4 is 5.32 Å². The second-order valence-corrected chi connectivity index (χ2v) is 5.62. The Bertz CT molecular complexity index is 334. The third kappa shape index (κ3) is 3.76. The molecule has 1 N–H and O–H groups in total. The van der Waals surface area contributed by atoms with E-state index in [1.54, 1.807) is 11.3 Å². The van der Waals surface area contributed by atoms with Gasteiger partial charge in [0, 0.05) is 16.8 Å². The maximum atomic E-state index is 4.59. The number of aromatic nitrogens is 1. The lowest BCUT2D eigenvalue weighted by Crippen LogP contribution is -2.17. The maximum Gasteiger partial charge on any atom is 0.0985 e. The Labute approximate surface area is 96.4 Å². The predicted octanol–water partition coefficient (Wildman–Crippen LogP) is 3.06. The molecule has 1 rings (SSSR count). The van der Waals surface area contributed by atoms with Crippen LogP contribution >= 0.6 is 11.3 Å². The lowest BCUT2D eigenvalue weighted by Gasteiger charge is -2.13. The molecule has 0 aliphatic rings. The van der Waals surface area contributed by atoms with E-state index < -0.39 is 0 Å². The largest absolute Gasteiger partial charge is 0.314 e. The van der Waals surface area contributed by atoms with Gasteiger partial charge in [-0.05, 0) is 20.0 Å². The van der Waals surface area contributed by atoms with Crippen LogP contribution in [-0.4, -0.2) is 18.1 Å². The summed E-state index contributed by atoms with van der Waals surface area (Å²) in [6, 6.07) is 0.393. The van der Waals surface area contributed by atoms with Crippen LogP contribution in [0.25, 0.3) is 6.08 Å². The van der Waals surface area contributed by atoms with Crippen molar-refractivity contribution in [3.63, 3.8) is 0 Å². The summed E-state index contributed by atoms with van der Waals surface area (Å²) in [5, 5.41) is 6.47. The molecule has 0 aliphatic heterocycles. The van der Waals surface area contributed by atoms with Crippen LogP contribution in [0.4, 0.5) is 0 Å². The minimum atomic E-state index is 0.158. The summed E-state index contributed by atoms with van der Waals surface area (Å²) in [6.07, 6.45) is 4.20. The van der Waals surface area contributed by atoms with E-state index in [-0.39, 0.29) is 5.41 Å². The van der Waals surface area contributed by atoms with Crippen molar-refractivity contribution >= 4 is 17.4 Å². The smallest absolute Gasteiger partial charge is 0.0985 e. The number of likely N-dealkylation sites (N-methyl/N-ethyl adjacent to an activating group) is 1. The molecule has 0 radical (unpaired) electrons. The van der Waals surface area contributed by atoms with Crippen molar-refractivity contribution < 1.29 is 0 Å². The van der Waals surface area contributed by atoms with Gasteiger partial charge in [-0.2, -0.15) is 0 Å². The highest BCUT2D eigenvalue weighted by atomic mass is 32.1. The molecule has 3 heteroatoms. The Morgan fingerprint density at radius 3 is 2.60 bits per heavy atom. The van der Waals surface area contributed by atoms with Crippen LogP contribution in [0.5, 0.6) is 0 Å². The van der Waals surface area contributed by atoms with Gasteiger partial charge in [0.15, 0.2) is 0 Å². The number of thiazole rings is 1. The molecule has 0 bridgehead atoms. The summed E-state index contributed by atoms with van der Waals surface area (Å²) in [5.41, 5.74) is 1.22. The molecular weight excluding hydrogens is 204 g/mol. The number of hydrogen-bond acceptors (Lipinski definition) is 3. The summed E-state index contributed by atoms with van der Waals surface area (Å²) in [7, 11) is 1.95.